The molecule has 0 aromatic rings. The molecular weight excluding hydrogens is 204 g/mol. The lowest BCUT2D eigenvalue weighted by atomic mass is 9.99. The molecule has 1 aliphatic heterocycles. The van der Waals surface area contributed by atoms with Gasteiger partial charge in [-0.05, 0) is 24.2 Å². The SMILES string of the molecule is CC1CN(CC2(CC#N)CC2)CC1C(=O)O. The molecule has 2 atom stereocenters. The molecule has 0 amide bonds. The van der Waals surface area contributed by atoms with Gasteiger partial charge in [-0.15, -0.1) is 0 Å². The molecular formula is C12H18N2O2. The number of nitrogens with zero attached hydrogens (tertiary/aromatic N) is 2. The van der Waals surface area contributed by atoms with Gasteiger partial charge in [-0.3, -0.25) is 4.79 Å². The lowest BCUT2D eigenvalue weighted by molar-refractivity contribution is -0.142. The average molecular weight is 222 g/mol. The van der Waals surface area contributed by atoms with Gasteiger partial charge in [0.25, 0.3) is 0 Å². The number of carboxylic acid groups (broad SMARTS) is 1. The Kier molecular flexibility index (Phi) is 2.90. The zero-order valence-electron chi connectivity index (χ0n) is 9.65. The average Bonchev–Trinajstić information content (AvgIpc) is 2.83. The summed E-state index contributed by atoms with van der Waals surface area (Å²) in [6.07, 6.45) is 2.88. The smallest absolute Gasteiger partial charge is 0.308 e. The van der Waals surface area contributed by atoms with Crippen molar-refractivity contribution in [3.63, 3.8) is 0 Å². The van der Waals surface area contributed by atoms with Gasteiger partial charge in [0.15, 0.2) is 0 Å². The molecule has 1 saturated heterocycles. The predicted octanol–water partition coefficient (Wildman–Crippen LogP) is 1.33. The van der Waals surface area contributed by atoms with Crippen molar-refractivity contribution in [2.24, 2.45) is 17.3 Å². The molecule has 1 aliphatic carbocycles. The first-order valence-electron chi connectivity index (χ1n) is 5.88. The molecule has 16 heavy (non-hydrogen) atoms. The zero-order valence-corrected chi connectivity index (χ0v) is 9.65. The van der Waals surface area contributed by atoms with Crippen molar-refractivity contribution in [3.05, 3.63) is 0 Å². The number of nitriles is 1. The Hall–Kier alpha value is -1.08. The van der Waals surface area contributed by atoms with E-state index < -0.39 is 5.97 Å². The van der Waals surface area contributed by atoms with Gasteiger partial charge in [-0.1, -0.05) is 6.92 Å². The first-order valence-corrected chi connectivity index (χ1v) is 5.88. The number of rotatable bonds is 4. The summed E-state index contributed by atoms with van der Waals surface area (Å²) < 4.78 is 0. The van der Waals surface area contributed by atoms with E-state index in [0.29, 0.717) is 13.0 Å². The fourth-order valence-electron chi connectivity index (χ4n) is 2.73. The Bertz CT molecular complexity index is 330. The van der Waals surface area contributed by atoms with Crippen LogP contribution in [0.2, 0.25) is 0 Å². The van der Waals surface area contributed by atoms with Crippen molar-refractivity contribution in [1.82, 2.24) is 4.90 Å². The third kappa shape index (κ3) is 2.19. The van der Waals surface area contributed by atoms with Crippen LogP contribution in [0.4, 0.5) is 0 Å². The van der Waals surface area contributed by atoms with Crippen molar-refractivity contribution < 1.29 is 9.90 Å². The highest BCUT2D eigenvalue weighted by molar-refractivity contribution is 5.71. The summed E-state index contributed by atoms with van der Waals surface area (Å²) in [5.41, 5.74) is 0.196. The van der Waals surface area contributed by atoms with Crippen molar-refractivity contribution >= 4 is 5.97 Å². The Morgan fingerprint density at radius 1 is 1.56 bits per heavy atom. The van der Waals surface area contributed by atoms with Crippen LogP contribution in [0, 0.1) is 28.6 Å². The molecule has 88 valence electrons. The summed E-state index contributed by atoms with van der Waals surface area (Å²) in [5, 5.41) is 17.8. The van der Waals surface area contributed by atoms with Gasteiger partial charge in [-0.2, -0.15) is 5.26 Å². The van der Waals surface area contributed by atoms with E-state index in [4.69, 9.17) is 10.4 Å². The summed E-state index contributed by atoms with van der Waals surface area (Å²) in [6, 6.07) is 2.25. The number of aliphatic carboxylic acids is 1. The lowest BCUT2D eigenvalue weighted by Crippen LogP contribution is -2.29. The minimum absolute atomic E-state index is 0.196. The maximum Gasteiger partial charge on any atom is 0.308 e. The molecule has 1 heterocycles. The standard InChI is InChI=1S/C12H18N2O2/c1-9-6-14(7-10(9)11(15)16)8-12(2-3-12)4-5-13/h9-10H,2-4,6-8H2,1H3,(H,15,16). The van der Waals surface area contributed by atoms with E-state index in [2.05, 4.69) is 11.0 Å². The highest BCUT2D eigenvalue weighted by Gasteiger charge is 2.46. The van der Waals surface area contributed by atoms with E-state index in [-0.39, 0.29) is 17.3 Å². The van der Waals surface area contributed by atoms with Gasteiger partial charge < -0.3 is 10.0 Å². The van der Waals surface area contributed by atoms with Gasteiger partial charge >= 0.3 is 5.97 Å². The fourth-order valence-corrected chi connectivity index (χ4v) is 2.73. The van der Waals surface area contributed by atoms with Gasteiger partial charge in [0.2, 0.25) is 0 Å². The molecule has 0 aromatic carbocycles. The van der Waals surface area contributed by atoms with E-state index in [1.54, 1.807) is 0 Å². The number of carbonyl (C=O) groups is 1. The summed E-state index contributed by atoms with van der Waals surface area (Å²) in [4.78, 5) is 13.2. The highest BCUT2D eigenvalue weighted by Crippen LogP contribution is 2.49. The lowest BCUT2D eigenvalue weighted by Gasteiger charge is -2.21. The van der Waals surface area contributed by atoms with E-state index in [0.717, 1.165) is 25.9 Å². The van der Waals surface area contributed by atoms with E-state index in [1.165, 1.54) is 0 Å². The van der Waals surface area contributed by atoms with E-state index in [9.17, 15) is 4.79 Å². The summed E-state index contributed by atoms with van der Waals surface area (Å²) in [7, 11) is 0. The minimum Gasteiger partial charge on any atom is -0.481 e. The first-order chi connectivity index (χ1) is 7.56. The van der Waals surface area contributed by atoms with Crippen molar-refractivity contribution in [2.75, 3.05) is 19.6 Å². The van der Waals surface area contributed by atoms with Crippen LogP contribution in [0.5, 0.6) is 0 Å². The van der Waals surface area contributed by atoms with Crippen LogP contribution >= 0.6 is 0 Å². The van der Waals surface area contributed by atoms with Crippen LogP contribution in [0.15, 0.2) is 0 Å². The monoisotopic (exact) mass is 222 g/mol. The number of hydrogen-bond donors (Lipinski definition) is 1. The second-order valence-corrected chi connectivity index (χ2v) is 5.45. The molecule has 2 aliphatic rings. The van der Waals surface area contributed by atoms with Crippen LogP contribution in [0.25, 0.3) is 0 Å². The normalized spacial score (nSPS) is 32.2. The van der Waals surface area contributed by atoms with Crippen LogP contribution in [-0.4, -0.2) is 35.6 Å². The maximum atomic E-state index is 11.0. The van der Waals surface area contributed by atoms with E-state index >= 15 is 0 Å². The predicted molar refractivity (Wildman–Crippen MR) is 58.6 cm³/mol. The molecule has 1 saturated carbocycles. The van der Waals surface area contributed by atoms with Gasteiger partial charge in [-0.25, -0.2) is 0 Å². The molecule has 4 heteroatoms. The summed E-state index contributed by atoms with van der Waals surface area (Å²) >= 11 is 0. The molecule has 2 rings (SSSR count). The topological polar surface area (TPSA) is 64.3 Å². The van der Waals surface area contributed by atoms with Gasteiger partial charge in [0.1, 0.15) is 0 Å². The number of hydrogen-bond acceptors (Lipinski definition) is 3. The largest absolute Gasteiger partial charge is 0.481 e. The first kappa shape index (κ1) is 11.4. The Labute approximate surface area is 95.9 Å². The molecule has 1 N–H and O–H groups in total. The zero-order chi connectivity index (χ0) is 11.8. The number of likely N-dealkylation sites (tertiary alicyclic amines) is 1. The maximum absolute atomic E-state index is 11.0. The summed E-state index contributed by atoms with van der Waals surface area (Å²) in [5.74, 6) is -0.673. The molecule has 2 fully saturated rings. The van der Waals surface area contributed by atoms with Crippen LogP contribution in [-0.2, 0) is 4.79 Å². The minimum atomic E-state index is -0.680. The number of carboxylic acids is 1. The molecule has 0 bridgehead atoms. The Morgan fingerprint density at radius 3 is 2.69 bits per heavy atom. The third-order valence-electron chi connectivity index (χ3n) is 3.98. The molecule has 4 nitrogen and oxygen atoms in total. The quantitative estimate of drug-likeness (QED) is 0.779. The summed E-state index contributed by atoms with van der Waals surface area (Å²) in [6.45, 7) is 4.44. The van der Waals surface area contributed by atoms with Crippen molar-refractivity contribution in [3.8, 4) is 6.07 Å². The second-order valence-electron chi connectivity index (χ2n) is 5.45. The third-order valence-corrected chi connectivity index (χ3v) is 3.98. The van der Waals surface area contributed by atoms with Crippen LogP contribution in [0.1, 0.15) is 26.2 Å². The van der Waals surface area contributed by atoms with E-state index in [1.807, 2.05) is 6.92 Å². The Morgan fingerprint density at radius 2 is 2.25 bits per heavy atom. The molecule has 0 spiro atoms. The van der Waals surface area contributed by atoms with Crippen LogP contribution in [0.3, 0.4) is 0 Å². The fraction of sp³-hybridized carbons (Fsp3) is 0.833. The molecule has 0 aromatic heterocycles. The highest BCUT2D eigenvalue weighted by atomic mass is 16.4. The second kappa shape index (κ2) is 4.06. The van der Waals surface area contributed by atoms with Gasteiger partial charge in [0, 0.05) is 26.1 Å². The molecule has 2 unspecified atom stereocenters. The Balaban J connectivity index is 1.89. The van der Waals surface area contributed by atoms with Crippen molar-refractivity contribution in [2.45, 2.75) is 26.2 Å². The van der Waals surface area contributed by atoms with Crippen LogP contribution < -0.4 is 0 Å². The van der Waals surface area contributed by atoms with Crippen molar-refractivity contribution in [1.29, 1.82) is 5.26 Å². The van der Waals surface area contributed by atoms with Gasteiger partial charge in [0.05, 0.1) is 12.0 Å². The molecule has 0 radical (unpaired) electrons.